The van der Waals surface area contributed by atoms with Crippen LogP contribution in [0.3, 0.4) is 0 Å². The Balaban J connectivity index is 1.81. The van der Waals surface area contributed by atoms with Crippen LogP contribution in [0.2, 0.25) is 0 Å². The molecule has 3 aromatic rings. The largest absolute Gasteiger partial charge is 0.419 e. The summed E-state index contributed by atoms with van der Waals surface area (Å²) in [5.74, 6) is -0.446. The molecule has 126 valence electrons. The molecule has 0 unspecified atom stereocenters. The van der Waals surface area contributed by atoms with Gasteiger partial charge in [0, 0.05) is 13.6 Å². The minimum absolute atomic E-state index is 0.132. The lowest BCUT2D eigenvalue weighted by atomic mass is 10.2. The van der Waals surface area contributed by atoms with Crippen LogP contribution >= 0.6 is 0 Å². The van der Waals surface area contributed by atoms with Crippen molar-refractivity contribution in [1.29, 1.82) is 0 Å². The zero-order valence-corrected chi connectivity index (χ0v) is 14.3. The molecule has 0 aliphatic carbocycles. The second kappa shape index (κ2) is 6.26. The van der Waals surface area contributed by atoms with Gasteiger partial charge in [0.15, 0.2) is 5.58 Å². The summed E-state index contributed by atoms with van der Waals surface area (Å²) in [6, 6.07) is 11.9. The third-order valence-corrected chi connectivity index (χ3v) is 5.38. The topological polar surface area (TPSA) is 81.3 Å². The summed E-state index contributed by atoms with van der Waals surface area (Å²) in [5, 5.41) is 0. The van der Waals surface area contributed by atoms with E-state index in [1.54, 1.807) is 37.4 Å². The van der Waals surface area contributed by atoms with E-state index in [9.17, 15) is 13.2 Å². The summed E-state index contributed by atoms with van der Waals surface area (Å²) in [7, 11) is -1.98. The number of hydrogen-bond acceptors (Lipinski definition) is 4. The Morgan fingerprint density at radius 3 is 2.42 bits per heavy atom. The maximum absolute atomic E-state index is 12.4. The Morgan fingerprint density at radius 1 is 1.08 bits per heavy atom. The van der Waals surface area contributed by atoms with Crippen molar-refractivity contribution in [1.82, 2.24) is 9.29 Å². The molecule has 0 radical (unpaired) electrons. The fourth-order valence-electron chi connectivity index (χ4n) is 2.45. The third-order valence-electron chi connectivity index (χ3n) is 3.96. The molecule has 3 rings (SSSR count). The molecule has 0 aliphatic heterocycles. The first-order valence-electron chi connectivity index (χ1n) is 7.58. The van der Waals surface area contributed by atoms with Gasteiger partial charge in [0.05, 0.1) is 10.4 Å². The second-order valence-electron chi connectivity index (χ2n) is 5.55. The highest BCUT2D eigenvalue weighted by Crippen LogP contribution is 2.16. The van der Waals surface area contributed by atoms with E-state index in [0.29, 0.717) is 11.1 Å². The fourth-order valence-corrected chi connectivity index (χ4v) is 3.47. The average Bonchev–Trinajstić information content (AvgIpc) is 2.87. The summed E-state index contributed by atoms with van der Waals surface area (Å²) in [6.45, 7) is 2.15. The normalized spacial score (nSPS) is 11.9. The lowest BCUT2D eigenvalue weighted by Gasteiger charge is -2.08. The molecule has 0 atom stereocenters. The first-order chi connectivity index (χ1) is 11.4. The number of nitrogens with zero attached hydrogens (tertiary/aromatic N) is 1. The maximum Gasteiger partial charge on any atom is 0.419 e. The van der Waals surface area contributed by atoms with Crippen molar-refractivity contribution in [2.45, 2.75) is 24.8 Å². The van der Waals surface area contributed by atoms with Crippen LogP contribution < -0.4 is 10.5 Å². The molecule has 0 saturated carbocycles. The zero-order chi connectivity index (χ0) is 17.3. The lowest BCUT2D eigenvalue weighted by molar-refractivity contribution is 0.528. The Bertz CT molecular complexity index is 1030. The zero-order valence-electron chi connectivity index (χ0n) is 13.4. The number of sulfonamides is 1. The Kier molecular flexibility index (Phi) is 4.29. The fraction of sp³-hybridized carbons (Fsp3) is 0.235. The summed E-state index contributed by atoms with van der Waals surface area (Å²) in [5.41, 5.74) is 2.93. The summed E-state index contributed by atoms with van der Waals surface area (Å²) >= 11 is 0. The van der Waals surface area contributed by atoms with Gasteiger partial charge in [0.2, 0.25) is 10.0 Å². The Morgan fingerprint density at radius 2 is 1.75 bits per heavy atom. The van der Waals surface area contributed by atoms with Crippen molar-refractivity contribution in [2.24, 2.45) is 7.05 Å². The highest BCUT2D eigenvalue weighted by Gasteiger charge is 2.14. The highest BCUT2D eigenvalue weighted by atomic mass is 32.2. The number of aromatic nitrogens is 1. The van der Waals surface area contributed by atoms with Gasteiger partial charge >= 0.3 is 5.76 Å². The smallest absolute Gasteiger partial charge is 0.408 e. The van der Waals surface area contributed by atoms with Crippen molar-refractivity contribution in [3.8, 4) is 0 Å². The van der Waals surface area contributed by atoms with Crippen LogP contribution in [-0.2, 0) is 30.0 Å². The Hall–Kier alpha value is -2.38. The van der Waals surface area contributed by atoms with Crippen LogP contribution in [0.4, 0.5) is 0 Å². The molecule has 0 aliphatic rings. The molecule has 0 saturated heterocycles. The summed E-state index contributed by atoms with van der Waals surface area (Å²) in [6.07, 6.45) is 0.858. The molecule has 1 N–H and O–H groups in total. The van der Waals surface area contributed by atoms with E-state index in [1.165, 1.54) is 4.57 Å². The van der Waals surface area contributed by atoms with Gasteiger partial charge in [0.1, 0.15) is 0 Å². The molecule has 1 aromatic heterocycles. The number of oxazole rings is 1. The van der Waals surface area contributed by atoms with E-state index in [-0.39, 0.29) is 11.4 Å². The van der Waals surface area contributed by atoms with Crippen LogP contribution in [0, 0.1) is 0 Å². The van der Waals surface area contributed by atoms with E-state index >= 15 is 0 Å². The van der Waals surface area contributed by atoms with E-state index in [2.05, 4.69) is 4.72 Å². The number of aryl methyl sites for hydroxylation is 2. The first kappa shape index (κ1) is 16.5. The number of benzene rings is 2. The Labute approximate surface area is 139 Å². The highest BCUT2D eigenvalue weighted by molar-refractivity contribution is 7.89. The second-order valence-corrected chi connectivity index (χ2v) is 7.32. The van der Waals surface area contributed by atoms with Crippen molar-refractivity contribution < 1.29 is 12.8 Å². The van der Waals surface area contributed by atoms with Crippen molar-refractivity contribution in [2.75, 3.05) is 0 Å². The number of rotatable bonds is 5. The number of fused-ring (bicyclic) bond motifs is 1. The molecule has 1 heterocycles. The van der Waals surface area contributed by atoms with Crippen LogP contribution in [-0.4, -0.2) is 13.0 Å². The van der Waals surface area contributed by atoms with E-state index < -0.39 is 15.8 Å². The molecule has 0 fully saturated rings. The molecule has 24 heavy (non-hydrogen) atoms. The van der Waals surface area contributed by atoms with Crippen LogP contribution in [0.15, 0.2) is 56.6 Å². The first-order valence-corrected chi connectivity index (χ1v) is 9.06. The van der Waals surface area contributed by atoms with Gasteiger partial charge in [-0.25, -0.2) is 17.9 Å². The number of hydrogen-bond donors (Lipinski definition) is 1. The van der Waals surface area contributed by atoms with Crippen molar-refractivity contribution in [3.05, 3.63) is 64.1 Å². The van der Waals surface area contributed by atoms with Crippen LogP contribution in [0.25, 0.3) is 11.1 Å². The average molecular weight is 346 g/mol. The van der Waals surface area contributed by atoms with Gasteiger partial charge in [-0.3, -0.25) is 4.57 Å². The van der Waals surface area contributed by atoms with Crippen molar-refractivity contribution >= 4 is 21.1 Å². The molecule has 7 heteroatoms. The molecular formula is C17H18N2O4S. The SMILES string of the molecule is CCc1ccc(S(=O)(=O)NCc2ccc3oc(=O)n(C)c3c2)cc1. The predicted molar refractivity (Wildman–Crippen MR) is 91.3 cm³/mol. The summed E-state index contributed by atoms with van der Waals surface area (Å²) < 4.78 is 33.7. The van der Waals surface area contributed by atoms with Gasteiger partial charge in [-0.15, -0.1) is 0 Å². The molecule has 0 spiro atoms. The van der Waals surface area contributed by atoms with Crippen molar-refractivity contribution in [3.63, 3.8) is 0 Å². The maximum atomic E-state index is 12.4. The number of nitrogens with one attached hydrogen (secondary N) is 1. The van der Waals surface area contributed by atoms with Gasteiger partial charge in [0.25, 0.3) is 0 Å². The molecular weight excluding hydrogens is 328 g/mol. The van der Waals surface area contributed by atoms with Gasteiger partial charge < -0.3 is 4.42 Å². The van der Waals surface area contributed by atoms with Gasteiger partial charge in [-0.05, 0) is 41.8 Å². The standard InChI is InChI=1S/C17H18N2O4S/c1-3-12-4-7-14(8-5-12)24(21,22)18-11-13-6-9-16-15(10-13)19(2)17(20)23-16/h4-10,18H,3,11H2,1-2H3. The minimum atomic E-state index is -3.58. The molecule has 0 bridgehead atoms. The molecule has 2 aromatic carbocycles. The third kappa shape index (κ3) is 3.13. The van der Waals surface area contributed by atoms with Crippen LogP contribution in [0.1, 0.15) is 18.1 Å². The van der Waals surface area contributed by atoms with E-state index in [1.807, 2.05) is 19.1 Å². The summed E-state index contributed by atoms with van der Waals surface area (Å²) in [4.78, 5) is 11.7. The molecule has 0 amide bonds. The van der Waals surface area contributed by atoms with E-state index in [0.717, 1.165) is 17.5 Å². The predicted octanol–water partition coefficient (Wildman–Crippen LogP) is 2.17. The molecule has 6 nitrogen and oxygen atoms in total. The lowest BCUT2D eigenvalue weighted by Crippen LogP contribution is -2.23. The van der Waals surface area contributed by atoms with Gasteiger partial charge in [-0.1, -0.05) is 25.1 Å². The monoisotopic (exact) mass is 346 g/mol. The quantitative estimate of drug-likeness (QED) is 0.768. The minimum Gasteiger partial charge on any atom is -0.408 e. The van der Waals surface area contributed by atoms with Crippen LogP contribution in [0.5, 0.6) is 0 Å². The van der Waals surface area contributed by atoms with Gasteiger partial charge in [-0.2, -0.15) is 0 Å². The van der Waals surface area contributed by atoms with E-state index in [4.69, 9.17) is 4.42 Å².